The minimum Gasteiger partial charge on any atom is -0.454 e. The summed E-state index contributed by atoms with van der Waals surface area (Å²) in [5.41, 5.74) is 0.264. The predicted molar refractivity (Wildman–Crippen MR) is 108 cm³/mol. The van der Waals surface area contributed by atoms with Crippen LogP contribution in [0.3, 0.4) is 0 Å². The van der Waals surface area contributed by atoms with Gasteiger partial charge >= 0.3 is 6.03 Å². The van der Waals surface area contributed by atoms with Crippen molar-refractivity contribution in [3.8, 4) is 17.2 Å². The highest BCUT2D eigenvalue weighted by Crippen LogP contribution is 2.34. The van der Waals surface area contributed by atoms with Crippen LogP contribution >= 0.6 is 0 Å². The largest absolute Gasteiger partial charge is 0.454 e. The summed E-state index contributed by atoms with van der Waals surface area (Å²) >= 11 is 0. The molecule has 0 radical (unpaired) electrons. The minimum absolute atomic E-state index is 0.113. The van der Waals surface area contributed by atoms with E-state index >= 15 is 0 Å². The molecule has 32 heavy (non-hydrogen) atoms. The van der Waals surface area contributed by atoms with E-state index in [0.29, 0.717) is 28.4 Å². The molecule has 5 rings (SSSR count). The van der Waals surface area contributed by atoms with E-state index in [1.54, 1.807) is 49.4 Å². The van der Waals surface area contributed by atoms with Gasteiger partial charge in [0.05, 0.1) is 5.69 Å². The number of hydrogen-bond acceptors (Lipinski definition) is 8. The van der Waals surface area contributed by atoms with Crippen LogP contribution in [0.5, 0.6) is 11.5 Å². The number of rotatable bonds is 5. The normalized spacial score (nSPS) is 19.2. The number of nitrogens with one attached hydrogen (secondary N) is 2. The summed E-state index contributed by atoms with van der Waals surface area (Å²) in [4.78, 5) is 39.1. The lowest BCUT2D eigenvalue weighted by molar-refractivity contribution is -0.133. The molecule has 162 valence electrons. The van der Waals surface area contributed by atoms with E-state index in [1.165, 1.54) is 11.0 Å². The number of tetrazole rings is 1. The third-order valence-electron chi connectivity index (χ3n) is 5.27. The molecule has 0 aliphatic carbocycles. The zero-order chi connectivity index (χ0) is 22.3. The van der Waals surface area contributed by atoms with E-state index < -0.39 is 29.9 Å². The number of carbonyl (C=O) groups excluding carboxylic acids is 3. The van der Waals surface area contributed by atoms with Gasteiger partial charge in [-0.05, 0) is 47.2 Å². The van der Waals surface area contributed by atoms with Crippen LogP contribution in [0.2, 0.25) is 0 Å². The zero-order valence-corrected chi connectivity index (χ0v) is 16.8. The molecule has 1 atom stereocenters. The number of nitrogens with zero attached hydrogens (tertiary/aromatic N) is 5. The van der Waals surface area contributed by atoms with Crippen LogP contribution < -0.4 is 20.1 Å². The highest BCUT2D eigenvalue weighted by Gasteiger charge is 2.49. The molecule has 12 heteroatoms. The molecular weight excluding hydrogens is 418 g/mol. The summed E-state index contributed by atoms with van der Waals surface area (Å²) in [6, 6.07) is 11.2. The number of imide groups is 1. The van der Waals surface area contributed by atoms with Gasteiger partial charge in [-0.1, -0.05) is 12.1 Å². The van der Waals surface area contributed by atoms with Crippen molar-refractivity contribution < 1.29 is 23.9 Å². The van der Waals surface area contributed by atoms with Gasteiger partial charge in [-0.2, -0.15) is 0 Å². The SMILES string of the molecule is C[C@]1(c2cccc(-n3cnnn3)c2)NC(=O)N(CC(=O)Nc2ccc3c(c2)OCO3)C1=O. The van der Waals surface area contributed by atoms with Crippen molar-refractivity contribution in [1.29, 1.82) is 0 Å². The second kappa shape index (κ2) is 7.34. The zero-order valence-electron chi connectivity index (χ0n) is 16.8. The Bertz CT molecular complexity index is 1230. The molecule has 2 N–H and O–H groups in total. The molecule has 3 heterocycles. The molecule has 0 saturated carbocycles. The summed E-state index contributed by atoms with van der Waals surface area (Å²) in [6.07, 6.45) is 1.42. The van der Waals surface area contributed by atoms with E-state index in [4.69, 9.17) is 9.47 Å². The van der Waals surface area contributed by atoms with Gasteiger partial charge in [-0.25, -0.2) is 9.48 Å². The van der Waals surface area contributed by atoms with Crippen molar-refractivity contribution in [2.45, 2.75) is 12.5 Å². The Labute approximate surface area is 181 Å². The quantitative estimate of drug-likeness (QED) is 0.561. The van der Waals surface area contributed by atoms with Gasteiger partial charge in [0, 0.05) is 11.8 Å². The van der Waals surface area contributed by atoms with Crippen LogP contribution in [0, 0.1) is 0 Å². The molecule has 0 spiro atoms. The van der Waals surface area contributed by atoms with Gasteiger partial charge in [0.25, 0.3) is 5.91 Å². The number of anilines is 1. The number of amides is 4. The number of hydrogen-bond donors (Lipinski definition) is 2. The van der Waals surface area contributed by atoms with Crippen molar-refractivity contribution in [3.63, 3.8) is 0 Å². The van der Waals surface area contributed by atoms with Gasteiger partial charge in [-0.3, -0.25) is 14.5 Å². The summed E-state index contributed by atoms with van der Waals surface area (Å²) < 4.78 is 12.0. The Balaban J connectivity index is 1.32. The van der Waals surface area contributed by atoms with Gasteiger partial charge in [0.2, 0.25) is 12.7 Å². The highest BCUT2D eigenvalue weighted by molar-refractivity contribution is 6.10. The molecule has 2 aliphatic rings. The van der Waals surface area contributed by atoms with Crippen LogP contribution in [0.25, 0.3) is 5.69 Å². The first-order chi connectivity index (χ1) is 15.4. The molecule has 2 aliphatic heterocycles. The average molecular weight is 435 g/mol. The Morgan fingerprint density at radius 1 is 1.19 bits per heavy atom. The fourth-order valence-electron chi connectivity index (χ4n) is 3.59. The Morgan fingerprint density at radius 2 is 2.03 bits per heavy atom. The molecule has 12 nitrogen and oxygen atoms in total. The topological polar surface area (TPSA) is 141 Å². The van der Waals surface area contributed by atoms with E-state index in [9.17, 15) is 14.4 Å². The number of ether oxygens (including phenoxy) is 2. The molecule has 0 bridgehead atoms. The maximum Gasteiger partial charge on any atom is 0.325 e. The smallest absolute Gasteiger partial charge is 0.325 e. The predicted octanol–water partition coefficient (Wildman–Crippen LogP) is 0.797. The third kappa shape index (κ3) is 3.27. The summed E-state index contributed by atoms with van der Waals surface area (Å²) in [7, 11) is 0. The monoisotopic (exact) mass is 435 g/mol. The van der Waals surface area contributed by atoms with Crippen LogP contribution in [0.15, 0.2) is 48.8 Å². The van der Waals surface area contributed by atoms with E-state index in [2.05, 4.69) is 26.2 Å². The molecule has 0 unspecified atom stereocenters. The van der Waals surface area contributed by atoms with Crippen LogP contribution in [-0.2, 0) is 15.1 Å². The summed E-state index contributed by atoms with van der Waals surface area (Å²) in [5.74, 6) is 0.0147. The molecule has 3 aromatic rings. The Morgan fingerprint density at radius 3 is 2.84 bits per heavy atom. The van der Waals surface area contributed by atoms with Gasteiger partial charge in [0.15, 0.2) is 11.5 Å². The summed E-state index contributed by atoms with van der Waals surface area (Å²) in [6.45, 7) is 1.26. The first-order valence-corrected chi connectivity index (χ1v) is 9.61. The van der Waals surface area contributed by atoms with Crippen LogP contribution in [0.1, 0.15) is 12.5 Å². The molecule has 1 fully saturated rings. The van der Waals surface area contributed by atoms with Gasteiger partial charge < -0.3 is 20.1 Å². The Hall–Kier alpha value is -4.48. The molecule has 1 saturated heterocycles. The minimum atomic E-state index is -1.35. The maximum atomic E-state index is 13.2. The van der Waals surface area contributed by atoms with E-state index in [0.717, 1.165) is 4.90 Å². The van der Waals surface area contributed by atoms with Crippen molar-refractivity contribution in [2.75, 3.05) is 18.7 Å². The first kappa shape index (κ1) is 19.5. The average Bonchev–Trinajstić information content (AvgIpc) is 3.52. The van der Waals surface area contributed by atoms with Crippen molar-refractivity contribution in [3.05, 3.63) is 54.4 Å². The van der Waals surface area contributed by atoms with Crippen molar-refractivity contribution in [1.82, 2.24) is 30.4 Å². The van der Waals surface area contributed by atoms with Crippen LogP contribution in [0.4, 0.5) is 10.5 Å². The summed E-state index contributed by atoms with van der Waals surface area (Å²) in [5, 5.41) is 16.4. The first-order valence-electron chi connectivity index (χ1n) is 9.61. The van der Waals surface area contributed by atoms with E-state index in [-0.39, 0.29) is 6.79 Å². The number of fused-ring (bicyclic) bond motifs is 1. The maximum absolute atomic E-state index is 13.2. The third-order valence-corrected chi connectivity index (χ3v) is 5.27. The fraction of sp³-hybridized carbons (Fsp3) is 0.200. The second-order valence-electron chi connectivity index (χ2n) is 7.37. The molecule has 4 amide bonds. The molecule has 2 aromatic carbocycles. The van der Waals surface area contributed by atoms with Crippen molar-refractivity contribution in [2.24, 2.45) is 0 Å². The lowest BCUT2D eigenvalue weighted by atomic mass is 9.91. The standard InChI is InChI=1S/C20H17N7O5/c1-20(12-3-2-4-14(7-12)27-10-21-24-25-27)18(29)26(19(30)23-20)9-17(28)22-13-5-6-15-16(8-13)32-11-31-15/h2-8,10H,9,11H2,1H3,(H,22,28)(H,23,30)/t20-/m1/s1. The molecule has 1 aromatic heterocycles. The highest BCUT2D eigenvalue weighted by atomic mass is 16.7. The van der Waals surface area contributed by atoms with E-state index in [1.807, 2.05) is 0 Å². The van der Waals surface area contributed by atoms with Gasteiger partial charge in [-0.15, -0.1) is 5.10 Å². The van der Waals surface area contributed by atoms with Crippen molar-refractivity contribution >= 4 is 23.5 Å². The van der Waals surface area contributed by atoms with Crippen LogP contribution in [-0.4, -0.2) is 56.3 Å². The van der Waals surface area contributed by atoms with Gasteiger partial charge in [0.1, 0.15) is 18.4 Å². The second-order valence-corrected chi connectivity index (χ2v) is 7.37. The lowest BCUT2D eigenvalue weighted by Crippen LogP contribution is -2.42. The number of carbonyl (C=O) groups is 3. The lowest BCUT2D eigenvalue weighted by Gasteiger charge is -2.22. The fourth-order valence-corrected chi connectivity index (χ4v) is 3.59. The number of urea groups is 1. The Kier molecular flexibility index (Phi) is 4.47. The number of aromatic nitrogens is 4. The molecular formula is C20H17N7O5. The number of benzene rings is 2.